The topological polar surface area (TPSA) is 26.3 Å². The lowest BCUT2D eigenvalue weighted by Gasteiger charge is -2.05. The Balaban J connectivity index is 3.22. The first-order valence-corrected chi connectivity index (χ1v) is 3.06. The van der Waals surface area contributed by atoms with Crippen molar-refractivity contribution in [3.05, 3.63) is 0 Å². The Kier molecular flexibility index (Phi) is 4.10. The van der Waals surface area contributed by atoms with Crippen LogP contribution in [0.3, 0.4) is 0 Å². The van der Waals surface area contributed by atoms with E-state index in [1.807, 2.05) is 0 Å². The van der Waals surface area contributed by atoms with Gasteiger partial charge in [-0.3, -0.25) is 4.79 Å². The summed E-state index contributed by atoms with van der Waals surface area (Å²) in [5.41, 5.74) is 0. The molecule has 0 saturated carbocycles. The first-order valence-electron chi connectivity index (χ1n) is 3.06. The molecule has 0 aliphatic carbocycles. The molecule has 0 amide bonds. The first-order chi connectivity index (χ1) is 4.92. The Morgan fingerprint density at radius 1 is 1.45 bits per heavy atom. The minimum absolute atomic E-state index is 0.240. The van der Waals surface area contributed by atoms with Crippen molar-refractivity contribution < 1.29 is 22.7 Å². The first kappa shape index (κ1) is 10.4. The highest BCUT2D eigenvalue weighted by Crippen LogP contribution is 2.18. The molecule has 0 unspecified atom stereocenters. The second-order valence-electron chi connectivity index (χ2n) is 2.12. The predicted octanol–water partition coefficient (Wildman–Crippen LogP) is 1.54. The van der Waals surface area contributed by atoms with E-state index in [4.69, 9.17) is 0 Å². The molecular formula is C6H9F3O2. The van der Waals surface area contributed by atoms with E-state index in [0.717, 1.165) is 0 Å². The number of carbonyl (C=O) groups excluding carboxylic acids is 1. The normalized spacial score (nSPS) is 11.6. The van der Waals surface area contributed by atoms with Gasteiger partial charge in [0.05, 0.1) is 13.0 Å². The monoisotopic (exact) mass is 170 g/mol. The highest BCUT2D eigenvalue weighted by molar-refractivity contribution is 5.76. The molecule has 11 heavy (non-hydrogen) atoms. The quantitative estimate of drug-likeness (QED) is 0.598. The molecule has 0 heterocycles. The zero-order chi connectivity index (χ0) is 8.91. The van der Waals surface area contributed by atoms with Gasteiger partial charge in [0.2, 0.25) is 0 Å². The summed E-state index contributed by atoms with van der Waals surface area (Å²) in [6.07, 6.45) is -5.20. The number of alkyl halides is 3. The fraction of sp³-hybridized carbons (Fsp3) is 0.833. The van der Waals surface area contributed by atoms with E-state index in [1.165, 1.54) is 6.92 Å². The second-order valence-corrected chi connectivity index (χ2v) is 2.12. The SMILES string of the molecule is CC(=O)COCCC(F)(F)F. The Morgan fingerprint density at radius 2 is 2.00 bits per heavy atom. The van der Waals surface area contributed by atoms with Crippen LogP contribution in [0.15, 0.2) is 0 Å². The van der Waals surface area contributed by atoms with Crippen molar-refractivity contribution in [3.63, 3.8) is 0 Å². The molecule has 0 saturated heterocycles. The summed E-state index contributed by atoms with van der Waals surface area (Å²) in [4.78, 5) is 10.2. The molecule has 2 nitrogen and oxygen atoms in total. The van der Waals surface area contributed by atoms with Crippen LogP contribution in [0.4, 0.5) is 13.2 Å². The second kappa shape index (κ2) is 4.33. The molecule has 5 heteroatoms. The summed E-state index contributed by atoms with van der Waals surface area (Å²) in [5.74, 6) is -0.271. The number of halogens is 3. The van der Waals surface area contributed by atoms with Gasteiger partial charge in [0.1, 0.15) is 6.61 Å². The van der Waals surface area contributed by atoms with Gasteiger partial charge in [-0.2, -0.15) is 13.2 Å². The van der Waals surface area contributed by atoms with Crippen LogP contribution in [-0.4, -0.2) is 25.2 Å². The predicted molar refractivity (Wildman–Crippen MR) is 32.2 cm³/mol. The number of ketones is 1. The maximum Gasteiger partial charge on any atom is 0.391 e. The van der Waals surface area contributed by atoms with Crippen molar-refractivity contribution in [2.24, 2.45) is 0 Å². The van der Waals surface area contributed by atoms with Crippen LogP contribution in [0.2, 0.25) is 0 Å². The molecule has 0 aliphatic rings. The van der Waals surface area contributed by atoms with Gasteiger partial charge in [-0.05, 0) is 6.92 Å². The number of Topliss-reactive ketones (excluding diaryl/α,β-unsaturated/α-hetero) is 1. The van der Waals surface area contributed by atoms with Crippen LogP contribution in [0, 0.1) is 0 Å². The standard InChI is InChI=1S/C6H9F3O2/c1-5(10)4-11-3-2-6(7,8)9/h2-4H2,1H3. The van der Waals surface area contributed by atoms with Crippen molar-refractivity contribution >= 4 is 5.78 Å². The smallest absolute Gasteiger partial charge is 0.373 e. The maximum atomic E-state index is 11.4. The summed E-state index contributed by atoms with van der Waals surface area (Å²) < 4.78 is 38.6. The van der Waals surface area contributed by atoms with Crippen LogP contribution in [0.25, 0.3) is 0 Å². The maximum absolute atomic E-state index is 11.4. The van der Waals surface area contributed by atoms with Crippen LogP contribution < -0.4 is 0 Å². The Bertz CT molecular complexity index is 130. The lowest BCUT2D eigenvalue weighted by molar-refractivity contribution is -0.147. The molecule has 66 valence electrons. The van der Waals surface area contributed by atoms with E-state index >= 15 is 0 Å². The van der Waals surface area contributed by atoms with Gasteiger partial charge in [-0.25, -0.2) is 0 Å². The molecule has 0 N–H and O–H groups in total. The molecule has 0 radical (unpaired) electrons. The minimum Gasteiger partial charge on any atom is -0.373 e. The van der Waals surface area contributed by atoms with Gasteiger partial charge in [0.25, 0.3) is 0 Å². The van der Waals surface area contributed by atoms with Gasteiger partial charge in [-0.1, -0.05) is 0 Å². The van der Waals surface area contributed by atoms with Gasteiger partial charge >= 0.3 is 6.18 Å². The van der Waals surface area contributed by atoms with Crippen LogP contribution >= 0.6 is 0 Å². The van der Waals surface area contributed by atoms with Crippen LogP contribution in [-0.2, 0) is 9.53 Å². The van der Waals surface area contributed by atoms with Crippen molar-refractivity contribution in [2.45, 2.75) is 19.5 Å². The van der Waals surface area contributed by atoms with E-state index in [1.54, 1.807) is 0 Å². The third kappa shape index (κ3) is 9.42. The van der Waals surface area contributed by atoms with Crippen molar-refractivity contribution in [1.82, 2.24) is 0 Å². The molecule has 0 bridgehead atoms. The van der Waals surface area contributed by atoms with E-state index < -0.39 is 19.2 Å². The highest BCUT2D eigenvalue weighted by Gasteiger charge is 2.26. The third-order valence-electron chi connectivity index (χ3n) is 0.835. The molecule has 0 aromatic carbocycles. The molecule has 0 atom stereocenters. The van der Waals surface area contributed by atoms with Gasteiger partial charge in [0.15, 0.2) is 5.78 Å². The molecule has 0 spiro atoms. The zero-order valence-corrected chi connectivity index (χ0v) is 6.07. The fourth-order valence-electron chi connectivity index (χ4n) is 0.404. The number of hydrogen-bond acceptors (Lipinski definition) is 2. The number of rotatable bonds is 4. The zero-order valence-electron chi connectivity index (χ0n) is 6.07. The van der Waals surface area contributed by atoms with Crippen molar-refractivity contribution in [3.8, 4) is 0 Å². The molecule has 0 aliphatic heterocycles. The van der Waals surface area contributed by atoms with E-state index in [-0.39, 0.29) is 12.4 Å². The highest BCUT2D eigenvalue weighted by atomic mass is 19.4. The summed E-state index contributed by atoms with van der Waals surface area (Å²) >= 11 is 0. The number of hydrogen-bond donors (Lipinski definition) is 0. The summed E-state index contributed by atoms with van der Waals surface area (Å²) in [6.45, 7) is 0.576. The lowest BCUT2D eigenvalue weighted by Crippen LogP contribution is -2.13. The van der Waals surface area contributed by atoms with E-state index in [9.17, 15) is 18.0 Å². The van der Waals surface area contributed by atoms with Crippen LogP contribution in [0.1, 0.15) is 13.3 Å². The average molecular weight is 170 g/mol. The molecule has 0 fully saturated rings. The average Bonchev–Trinajstić information content (AvgIpc) is 1.78. The summed E-state index contributed by atoms with van der Waals surface area (Å²) in [5, 5.41) is 0. The Labute approximate surface area is 62.3 Å². The largest absolute Gasteiger partial charge is 0.391 e. The Hall–Kier alpha value is -0.580. The number of ether oxygens (including phenoxy) is 1. The number of carbonyl (C=O) groups is 1. The minimum atomic E-state index is -4.20. The van der Waals surface area contributed by atoms with Gasteiger partial charge < -0.3 is 4.74 Å². The van der Waals surface area contributed by atoms with Gasteiger partial charge in [0, 0.05) is 0 Å². The molecular weight excluding hydrogens is 161 g/mol. The fourth-order valence-corrected chi connectivity index (χ4v) is 0.404. The van der Waals surface area contributed by atoms with E-state index in [0.29, 0.717) is 0 Å². The van der Waals surface area contributed by atoms with Crippen LogP contribution in [0.5, 0.6) is 0 Å². The van der Waals surface area contributed by atoms with Crippen molar-refractivity contribution in [1.29, 1.82) is 0 Å². The Morgan fingerprint density at radius 3 is 2.36 bits per heavy atom. The van der Waals surface area contributed by atoms with Crippen molar-refractivity contribution in [2.75, 3.05) is 13.2 Å². The molecule has 0 aromatic rings. The van der Waals surface area contributed by atoms with E-state index in [2.05, 4.69) is 4.74 Å². The lowest BCUT2D eigenvalue weighted by atomic mass is 10.4. The summed E-state index contributed by atoms with van der Waals surface area (Å²) in [6, 6.07) is 0. The van der Waals surface area contributed by atoms with Gasteiger partial charge in [-0.15, -0.1) is 0 Å². The molecule has 0 aromatic heterocycles. The third-order valence-corrected chi connectivity index (χ3v) is 0.835. The summed E-state index contributed by atoms with van der Waals surface area (Å²) in [7, 11) is 0. The molecule has 0 rings (SSSR count).